The SMILES string of the molecule is O=C(C#Cc1ccccc1)Nc1nccc(Cl)n1. The molecule has 0 aliphatic heterocycles. The van der Waals surface area contributed by atoms with Crippen LogP contribution < -0.4 is 5.32 Å². The molecule has 0 aliphatic rings. The van der Waals surface area contributed by atoms with Crippen LogP contribution >= 0.6 is 11.6 Å². The molecule has 1 heterocycles. The van der Waals surface area contributed by atoms with Gasteiger partial charge in [-0.15, -0.1) is 0 Å². The van der Waals surface area contributed by atoms with E-state index in [1.165, 1.54) is 12.3 Å². The van der Waals surface area contributed by atoms with Crippen molar-refractivity contribution in [3.05, 3.63) is 53.3 Å². The number of aromatic nitrogens is 2. The number of amides is 1. The van der Waals surface area contributed by atoms with Gasteiger partial charge in [-0.1, -0.05) is 35.7 Å². The average molecular weight is 258 g/mol. The Balaban J connectivity index is 2.04. The van der Waals surface area contributed by atoms with Crippen molar-refractivity contribution < 1.29 is 4.79 Å². The number of anilines is 1. The molecule has 0 saturated carbocycles. The van der Waals surface area contributed by atoms with Crippen molar-refractivity contribution in [1.82, 2.24) is 9.97 Å². The highest BCUT2D eigenvalue weighted by Gasteiger charge is 2.00. The zero-order valence-corrected chi connectivity index (χ0v) is 9.98. The van der Waals surface area contributed by atoms with Gasteiger partial charge in [-0.3, -0.25) is 10.1 Å². The summed E-state index contributed by atoms with van der Waals surface area (Å²) in [5, 5.41) is 2.69. The van der Waals surface area contributed by atoms with Crippen LogP contribution in [0.4, 0.5) is 5.95 Å². The number of nitrogens with zero attached hydrogens (tertiary/aromatic N) is 2. The standard InChI is InChI=1S/C13H8ClN3O/c14-11-8-9-15-13(16-11)17-12(18)7-6-10-4-2-1-3-5-10/h1-5,8-9H,(H,15,16,17,18). The second kappa shape index (κ2) is 5.80. The Kier molecular flexibility index (Phi) is 3.90. The third-order valence-corrected chi connectivity index (χ3v) is 2.15. The van der Waals surface area contributed by atoms with Gasteiger partial charge in [0.25, 0.3) is 0 Å². The van der Waals surface area contributed by atoms with Crippen molar-refractivity contribution in [2.45, 2.75) is 0 Å². The summed E-state index contributed by atoms with van der Waals surface area (Å²) >= 11 is 5.66. The van der Waals surface area contributed by atoms with Crippen LogP contribution in [0, 0.1) is 11.8 Å². The van der Waals surface area contributed by atoms with E-state index in [-0.39, 0.29) is 11.1 Å². The first kappa shape index (κ1) is 12.1. The van der Waals surface area contributed by atoms with Crippen LogP contribution in [0.1, 0.15) is 5.56 Å². The van der Waals surface area contributed by atoms with Gasteiger partial charge in [-0.25, -0.2) is 9.97 Å². The molecule has 2 aromatic rings. The quantitative estimate of drug-likeness (QED) is 0.629. The van der Waals surface area contributed by atoms with Gasteiger partial charge < -0.3 is 0 Å². The van der Waals surface area contributed by atoms with Crippen LogP contribution in [0.5, 0.6) is 0 Å². The van der Waals surface area contributed by atoms with Crippen LogP contribution in [-0.4, -0.2) is 15.9 Å². The van der Waals surface area contributed by atoms with Crippen molar-refractivity contribution >= 4 is 23.5 Å². The maximum Gasteiger partial charge on any atom is 0.303 e. The first-order chi connectivity index (χ1) is 8.74. The lowest BCUT2D eigenvalue weighted by Gasteiger charge is -1.97. The number of carbonyl (C=O) groups is 1. The predicted molar refractivity (Wildman–Crippen MR) is 69.0 cm³/mol. The molecule has 0 aliphatic carbocycles. The highest BCUT2D eigenvalue weighted by atomic mass is 35.5. The van der Waals surface area contributed by atoms with E-state index in [1.807, 2.05) is 30.3 Å². The Morgan fingerprint density at radius 2 is 2.00 bits per heavy atom. The summed E-state index contributed by atoms with van der Waals surface area (Å²) in [5.41, 5.74) is 0.764. The molecule has 0 fully saturated rings. The Morgan fingerprint density at radius 1 is 1.22 bits per heavy atom. The van der Waals surface area contributed by atoms with Crippen molar-refractivity contribution in [3.63, 3.8) is 0 Å². The lowest BCUT2D eigenvalue weighted by atomic mass is 10.2. The van der Waals surface area contributed by atoms with E-state index < -0.39 is 5.91 Å². The van der Waals surface area contributed by atoms with Crippen LogP contribution in [-0.2, 0) is 4.79 Å². The fraction of sp³-hybridized carbons (Fsp3) is 0. The van der Waals surface area contributed by atoms with Gasteiger partial charge >= 0.3 is 5.91 Å². The minimum absolute atomic E-state index is 0.134. The molecule has 5 heteroatoms. The van der Waals surface area contributed by atoms with Crippen LogP contribution in [0.3, 0.4) is 0 Å². The molecule has 2 rings (SSSR count). The molecule has 1 aromatic heterocycles. The Bertz CT molecular complexity index is 617. The summed E-state index contributed by atoms with van der Waals surface area (Å²) in [6, 6.07) is 10.7. The Morgan fingerprint density at radius 3 is 2.72 bits per heavy atom. The van der Waals surface area contributed by atoms with Crippen molar-refractivity contribution in [1.29, 1.82) is 0 Å². The molecule has 18 heavy (non-hydrogen) atoms. The minimum atomic E-state index is -0.485. The highest BCUT2D eigenvalue weighted by Crippen LogP contribution is 2.05. The van der Waals surface area contributed by atoms with Crippen LogP contribution in [0.2, 0.25) is 5.15 Å². The summed E-state index contributed by atoms with van der Waals surface area (Å²) in [6.07, 6.45) is 1.45. The second-order valence-electron chi connectivity index (χ2n) is 3.27. The summed E-state index contributed by atoms with van der Waals surface area (Å²) < 4.78 is 0. The predicted octanol–water partition coefficient (Wildman–Crippen LogP) is 2.12. The Labute approximate surface area is 109 Å². The molecule has 4 nitrogen and oxygen atoms in total. The van der Waals surface area contributed by atoms with E-state index >= 15 is 0 Å². The molecule has 0 saturated heterocycles. The van der Waals surface area contributed by atoms with E-state index in [0.717, 1.165) is 5.56 Å². The summed E-state index contributed by atoms with van der Waals surface area (Å²) in [7, 11) is 0. The molecule has 0 unspecified atom stereocenters. The largest absolute Gasteiger partial charge is 0.303 e. The topological polar surface area (TPSA) is 54.9 Å². The first-order valence-electron chi connectivity index (χ1n) is 5.10. The van der Waals surface area contributed by atoms with Gasteiger partial charge in [0.2, 0.25) is 5.95 Å². The molecule has 0 radical (unpaired) electrons. The number of rotatable bonds is 1. The number of carbonyl (C=O) groups excluding carboxylic acids is 1. The molecular formula is C13H8ClN3O. The van der Waals surface area contributed by atoms with Gasteiger partial charge in [-0.2, -0.15) is 0 Å². The van der Waals surface area contributed by atoms with Crippen molar-refractivity contribution in [2.24, 2.45) is 0 Å². The van der Waals surface area contributed by atoms with E-state index in [1.54, 1.807) is 0 Å². The number of nitrogens with one attached hydrogen (secondary N) is 1. The number of hydrogen-bond acceptors (Lipinski definition) is 3. The van der Waals surface area contributed by atoms with Gasteiger partial charge in [0.15, 0.2) is 0 Å². The fourth-order valence-corrected chi connectivity index (χ4v) is 1.32. The van der Waals surface area contributed by atoms with Gasteiger partial charge in [0.1, 0.15) is 5.15 Å². The molecule has 1 aromatic carbocycles. The maximum absolute atomic E-state index is 11.5. The smallest absolute Gasteiger partial charge is 0.283 e. The number of halogens is 1. The molecule has 0 atom stereocenters. The molecule has 1 N–H and O–H groups in total. The Hall–Kier alpha value is -2.38. The maximum atomic E-state index is 11.5. The lowest BCUT2D eigenvalue weighted by Crippen LogP contribution is -2.11. The molecule has 0 bridgehead atoms. The number of hydrogen-bond donors (Lipinski definition) is 1. The monoisotopic (exact) mass is 257 g/mol. The molecular weight excluding hydrogens is 250 g/mol. The van der Waals surface area contributed by atoms with E-state index in [0.29, 0.717) is 0 Å². The summed E-state index contributed by atoms with van der Waals surface area (Å²) in [6.45, 7) is 0. The number of benzene rings is 1. The van der Waals surface area contributed by atoms with E-state index in [9.17, 15) is 4.79 Å². The minimum Gasteiger partial charge on any atom is -0.283 e. The third-order valence-electron chi connectivity index (χ3n) is 1.94. The molecule has 1 amide bonds. The highest BCUT2D eigenvalue weighted by molar-refractivity contribution is 6.29. The average Bonchev–Trinajstić information content (AvgIpc) is 2.38. The van der Waals surface area contributed by atoms with Crippen LogP contribution in [0.15, 0.2) is 42.6 Å². The zero-order chi connectivity index (χ0) is 12.8. The normalized spacial score (nSPS) is 9.17. The second-order valence-corrected chi connectivity index (χ2v) is 3.66. The van der Waals surface area contributed by atoms with E-state index in [4.69, 9.17) is 11.6 Å². The van der Waals surface area contributed by atoms with Crippen molar-refractivity contribution in [2.75, 3.05) is 5.32 Å². The zero-order valence-electron chi connectivity index (χ0n) is 9.22. The van der Waals surface area contributed by atoms with Crippen molar-refractivity contribution in [3.8, 4) is 11.8 Å². The first-order valence-corrected chi connectivity index (χ1v) is 5.48. The molecule has 0 spiro atoms. The third kappa shape index (κ3) is 3.58. The van der Waals surface area contributed by atoms with Gasteiger partial charge in [0.05, 0.1) is 0 Å². The van der Waals surface area contributed by atoms with Gasteiger partial charge in [-0.05, 0) is 18.2 Å². The van der Waals surface area contributed by atoms with Crippen LogP contribution in [0.25, 0.3) is 0 Å². The summed E-state index contributed by atoms with van der Waals surface area (Å²) in [4.78, 5) is 19.2. The summed E-state index contributed by atoms with van der Waals surface area (Å²) in [5.74, 6) is 4.82. The lowest BCUT2D eigenvalue weighted by molar-refractivity contribution is -0.111. The fourth-order valence-electron chi connectivity index (χ4n) is 1.18. The van der Waals surface area contributed by atoms with E-state index in [2.05, 4.69) is 27.1 Å². The molecule has 88 valence electrons. The van der Waals surface area contributed by atoms with Gasteiger partial charge in [0, 0.05) is 17.7 Å².